The van der Waals surface area contributed by atoms with Gasteiger partial charge in [-0.15, -0.1) is 0 Å². The van der Waals surface area contributed by atoms with Crippen molar-refractivity contribution >= 4 is 5.78 Å². The summed E-state index contributed by atoms with van der Waals surface area (Å²) in [4.78, 5) is 12.1. The second kappa shape index (κ2) is 9.16. The molecule has 0 N–H and O–H groups in total. The molecule has 0 aliphatic heterocycles. The van der Waals surface area contributed by atoms with Gasteiger partial charge in [0, 0.05) is 20.0 Å². The highest BCUT2D eigenvalue weighted by atomic mass is 16.5. The standard InChI is InChI=1S/C20H24O2/c1-22-20(15-13-18-10-6-3-7-11-18)16-19(21)14-12-17-8-4-2-5-9-17/h2-11,20H,12-16H2,1H3/t20-/m1/s1. The molecule has 2 nitrogen and oxygen atoms in total. The molecule has 1 atom stereocenters. The van der Waals surface area contributed by atoms with Crippen molar-refractivity contribution in [2.24, 2.45) is 0 Å². The Hall–Kier alpha value is -1.93. The highest BCUT2D eigenvalue weighted by molar-refractivity contribution is 5.79. The van der Waals surface area contributed by atoms with Crippen LogP contribution in [0.5, 0.6) is 0 Å². The fourth-order valence-electron chi connectivity index (χ4n) is 2.56. The number of methoxy groups -OCH3 is 1. The molecule has 2 rings (SSSR count). The Bertz CT molecular complexity index is 548. The number of ether oxygens (including phenoxy) is 1. The lowest BCUT2D eigenvalue weighted by Gasteiger charge is -2.14. The maximum absolute atomic E-state index is 12.1. The maximum atomic E-state index is 12.1. The number of aryl methyl sites for hydroxylation is 2. The average Bonchev–Trinajstić information content (AvgIpc) is 2.58. The molecule has 0 radical (unpaired) electrons. The van der Waals surface area contributed by atoms with Crippen LogP contribution < -0.4 is 0 Å². The SMILES string of the molecule is CO[C@H](CCc1ccccc1)CC(=O)CCc1ccccc1. The van der Waals surface area contributed by atoms with E-state index in [-0.39, 0.29) is 11.9 Å². The molecule has 116 valence electrons. The second-order valence-electron chi connectivity index (χ2n) is 5.61. The van der Waals surface area contributed by atoms with E-state index in [0.717, 1.165) is 19.3 Å². The smallest absolute Gasteiger partial charge is 0.135 e. The van der Waals surface area contributed by atoms with Crippen molar-refractivity contribution in [1.29, 1.82) is 0 Å². The monoisotopic (exact) mass is 296 g/mol. The molecule has 0 aromatic heterocycles. The van der Waals surface area contributed by atoms with E-state index in [2.05, 4.69) is 24.3 Å². The summed E-state index contributed by atoms with van der Waals surface area (Å²) in [7, 11) is 1.69. The van der Waals surface area contributed by atoms with Gasteiger partial charge in [0.05, 0.1) is 6.10 Å². The predicted octanol–water partition coefficient (Wildman–Crippen LogP) is 4.23. The van der Waals surface area contributed by atoms with Crippen molar-refractivity contribution in [2.45, 2.75) is 38.2 Å². The van der Waals surface area contributed by atoms with E-state index in [9.17, 15) is 4.79 Å². The molecule has 2 aromatic rings. The number of hydrogen-bond donors (Lipinski definition) is 0. The van der Waals surface area contributed by atoms with Gasteiger partial charge in [0.25, 0.3) is 0 Å². The summed E-state index contributed by atoms with van der Waals surface area (Å²) in [5.41, 5.74) is 2.51. The highest BCUT2D eigenvalue weighted by Crippen LogP contribution is 2.12. The first-order valence-corrected chi connectivity index (χ1v) is 7.90. The Morgan fingerprint density at radius 3 is 2.00 bits per heavy atom. The molecular weight excluding hydrogens is 272 g/mol. The van der Waals surface area contributed by atoms with E-state index in [4.69, 9.17) is 4.74 Å². The first-order chi connectivity index (χ1) is 10.8. The Balaban J connectivity index is 1.73. The lowest BCUT2D eigenvalue weighted by atomic mass is 10.00. The van der Waals surface area contributed by atoms with E-state index in [0.29, 0.717) is 12.8 Å². The van der Waals surface area contributed by atoms with Gasteiger partial charge in [0.2, 0.25) is 0 Å². The molecule has 2 aromatic carbocycles. The summed E-state index contributed by atoms with van der Waals surface area (Å²) in [5, 5.41) is 0. The van der Waals surface area contributed by atoms with Crippen LogP contribution in [0.4, 0.5) is 0 Å². The first-order valence-electron chi connectivity index (χ1n) is 7.90. The minimum atomic E-state index is 0.0171. The number of hydrogen-bond acceptors (Lipinski definition) is 2. The summed E-state index contributed by atoms with van der Waals surface area (Å²) in [6.07, 6.45) is 3.77. The molecule has 2 heteroatoms. The van der Waals surface area contributed by atoms with E-state index in [1.54, 1.807) is 7.11 Å². The molecule has 0 fully saturated rings. The zero-order valence-corrected chi connectivity index (χ0v) is 13.2. The van der Waals surface area contributed by atoms with Gasteiger partial charge in [-0.1, -0.05) is 60.7 Å². The van der Waals surface area contributed by atoms with Gasteiger partial charge in [-0.2, -0.15) is 0 Å². The number of Topliss-reactive ketones (excluding diaryl/α,β-unsaturated/α-hetero) is 1. The van der Waals surface area contributed by atoms with Crippen LogP contribution in [-0.4, -0.2) is 19.0 Å². The van der Waals surface area contributed by atoms with Crippen LogP contribution in [0, 0.1) is 0 Å². The molecule has 0 unspecified atom stereocenters. The van der Waals surface area contributed by atoms with Crippen LogP contribution in [0.25, 0.3) is 0 Å². The summed E-state index contributed by atoms with van der Waals surface area (Å²) in [6.45, 7) is 0. The predicted molar refractivity (Wildman–Crippen MR) is 89.9 cm³/mol. The van der Waals surface area contributed by atoms with E-state index in [1.165, 1.54) is 11.1 Å². The molecule has 0 bridgehead atoms. The molecule has 0 aliphatic carbocycles. The Labute approximate surface area is 133 Å². The third-order valence-electron chi connectivity index (χ3n) is 3.92. The number of carbonyl (C=O) groups is 1. The number of ketones is 1. The van der Waals surface area contributed by atoms with E-state index in [1.807, 2.05) is 36.4 Å². The third-order valence-corrected chi connectivity index (χ3v) is 3.92. The van der Waals surface area contributed by atoms with Gasteiger partial charge in [0.1, 0.15) is 5.78 Å². The van der Waals surface area contributed by atoms with Crippen molar-refractivity contribution in [1.82, 2.24) is 0 Å². The number of rotatable bonds is 9. The molecule has 0 spiro atoms. The van der Waals surface area contributed by atoms with E-state index < -0.39 is 0 Å². The summed E-state index contributed by atoms with van der Waals surface area (Å²) >= 11 is 0. The van der Waals surface area contributed by atoms with Crippen LogP contribution in [0.1, 0.15) is 30.4 Å². The Morgan fingerprint density at radius 1 is 0.909 bits per heavy atom. The number of carbonyl (C=O) groups excluding carboxylic acids is 1. The topological polar surface area (TPSA) is 26.3 Å². The van der Waals surface area contributed by atoms with Crippen LogP contribution in [0.3, 0.4) is 0 Å². The quantitative estimate of drug-likeness (QED) is 0.692. The van der Waals surface area contributed by atoms with Crippen LogP contribution in [0.15, 0.2) is 60.7 Å². The minimum absolute atomic E-state index is 0.0171. The van der Waals surface area contributed by atoms with Gasteiger partial charge >= 0.3 is 0 Å². The molecule has 0 saturated carbocycles. The Morgan fingerprint density at radius 2 is 1.45 bits per heavy atom. The summed E-state index contributed by atoms with van der Waals surface area (Å²) < 4.78 is 5.47. The maximum Gasteiger partial charge on any atom is 0.135 e. The van der Waals surface area contributed by atoms with Gasteiger partial charge in [-0.05, 0) is 30.4 Å². The van der Waals surface area contributed by atoms with Crippen LogP contribution in [0.2, 0.25) is 0 Å². The van der Waals surface area contributed by atoms with Crippen molar-refractivity contribution in [3.63, 3.8) is 0 Å². The molecule has 0 saturated heterocycles. The van der Waals surface area contributed by atoms with Gasteiger partial charge in [-0.3, -0.25) is 4.79 Å². The molecule has 0 aliphatic rings. The van der Waals surface area contributed by atoms with Crippen molar-refractivity contribution in [2.75, 3.05) is 7.11 Å². The summed E-state index contributed by atoms with van der Waals surface area (Å²) in [6, 6.07) is 20.5. The minimum Gasteiger partial charge on any atom is -0.381 e. The van der Waals surface area contributed by atoms with Crippen LogP contribution >= 0.6 is 0 Å². The fourth-order valence-corrected chi connectivity index (χ4v) is 2.56. The van der Waals surface area contributed by atoms with Crippen molar-refractivity contribution in [3.8, 4) is 0 Å². The van der Waals surface area contributed by atoms with Gasteiger partial charge in [-0.25, -0.2) is 0 Å². The van der Waals surface area contributed by atoms with Crippen LogP contribution in [-0.2, 0) is 22.4 Å². The van der Waals surface area contributed by atoms with E-state index >= 15 is 0 Å². The lowest BCUT2D eigenvalue weighted by Crippen LogP contribution is -2.17. The van der Waals surface area contributed by atoms with Crippen molar-refractivity contribution < 1.29 is 9.53 Å². The molecule has 0 amide bonds. The fraction of sp³-hybridized carbons (Fsp3) is 0.350. The highest BCUT2D eigenvalue weighted by Gasteiger charge is 2.13. The van der Waals surface area contributed by atoms with Gasteiger partial charge in [0.15, 0.2) is 0 Å². The summed E-state index contributed by atoms with van der Waals surface area (Å²) in [5.74, 6) is 0.281. The third kappa shape index (κ3) is 5.82. The van der Waals surface area contributed by atoms with Crippen molar-refractivity contribution in [3.05, 3.63) is 71.8 Å². The first kappa shape index (κ1) is 16.4. The largest absolute Gasteiger partial charge is 0.381 e. The second-order valence-corrected chi connectivity index (χ2v) is 5.61. The normalized spacial score (nSPS) is 12.0. The zero-order valence-electron chi connectivity index (χ0n) is 13.2. The number of benzene rings is 2. The molecular formula is C20H24O2. The lowest BCUT2D eigenvalue weighted by molar-refractivity contribution is -0.121. The average molecular weight is 296 g/mol. The molecule has 0 heterocycles. The molecule has 22 heavy (non-hydrogen) atoms. The van der Waals surface area contributed by atoms with Gasteiger partial charge < -0.3 is 4.74 Å². The zero-order chi connectivity index (χ0) is 15.6. The Kier molecular flexibility index (Phi) is 6.85.